The molecule has 0 aliphatic rings. The Hall–Kier alpha value is -1.74. The van der Waals surface area contributed by atoms with Crippen molar-refractivity contribution in [3.63, 3.8) is 0 Å². The van der Waals surface area contributed by atoms with Crippen molar-refractivity contribution >= 4 is 17.4 Å². The molecule has 0 radical (unpaired) electrons. The van der Waals surface area contributed by atoms with E-state index in [1.807, 2.05) is 0 Å². The zero-order valence-electron chi connectivity index (χ0n) is 9.51. The van der Waals surface area contributed by atoms with E-state index in [1.54, 1.807) is 19.1 Å². The van der Waals surface area contributed by atoms with Crippen LogP contribution in [0.1, 0.15) is 21.5 Å². The maximum atomic E-state index is 13.5. The van der Waals surface area contributed by atoms with E-state index in [0.29, 0.717) is 10.6 Å². The first-order valence-electron chi connectivity index (χ1n) is 5.25. The third-order valence-corrected chi connectivity index (χ3v) is 3.04. The molecule has 2 aromatic carbocycles. The highest BCUT2D eigenvalue weighted by molar-refractivity contribution is 6.31. The Morgan fingerprint density at radius 2 is 1.89 bits per heavy atom. The van der Waals surface area contributed by atoms with E-state index >= 15 is 0 Å². The molecule has 0 saturated heterocycles. The van der Waals surface area contributed by atoms with Crippen LogP contribution in [0.5, 0.6) is 0 Å². The lowest BCUT2D eigenvalue weighted by atomic mass is 10.0. The number of carbonyl (C=O) groups excluding carboxylic acids is 1. The molecule has 0 atom stereocenters. The first-order chi connectivity index (χ1) is 8.50. The smallest absolute Gasteiger partial charge is 0.196 e. The average molecular weight is 267 g/mol. The van der Waals surface area contributed by atoms with Crippen molar-refractivity contribution in [3.05, 3.63) is 69.7 Å². The molecule has 2 aromatic rings. The SMILES string of the molecule is Cc1cc(C(=O)c2cccc(F)c2F)ccc1Cl. The van der Waals surface area contributed by atoms with Gasteiger partial charge in [0, 0.05) is 10.6 Å². The second kappa shape index (κ2) is 4.86. The molecule has 0 fully saturated rings. The maximum Gasteiger partial charge on any atom is 0.196 e. The number of ketones is 1. The molecule has 0 amide bonds. The normalized spacial score (nSPS) is 10.4. The van der Waals surface area contributed by atoms with Crippen LogP contribution in [-0.2, 0) is 0 Å². The summed E-state index contributed by atoms with van der Waals surface area (Å²) in [6, 6.07) is 8.12. The minimum absolute atomic E-state index is 0.279. The number of hydrogen-bond donors (Lipinski definition) is 0. The quantitative estimate of drug-likeness (QED) is 0.746. The Bertz CT molecular complexity index is 623. The number of halogens is 3. The van der Waals surface area contributed by atoms with Crippen LogP contribution in [0.15, 0.2) is 36.4 Å². The lowest BCUT2D eigenvalue weighted by molar-refractivity contribution is 0.103. The van der Waals surface area contributed by atoms with E-state index in [1.165, 1.54) is 18.2 Å². The van der Waals surface area contributed by atoms with Crippen molar-refractivity contribution in [1.82, 2.24) is 0 Å². The summed E-state index contributed by atoms with van der Waals surface area (Å²) in [6.07, 6.45) is 0. The van der Waals surface area contributed by atoms with E-state index < -0.39 is 17.4 Å². The van der Waals surface area contributed by atoms with Crippen LogP contribution in [0.25, 0.3) is 0 Å². The molecule has 2 rings (SSSR count). The Kier molecular flexibility index (Phi) is 3.43. The summed E-state index contributed by atoms with van der Waals surface area (Å²) >= 11 is 5.84. The predicted octanol–water partition coefficient (Wildman–Crippen LogP) is 4.16. The molecule has 1 nitrogen and oxygen atoms in total. The predicted molar refractivity (Wildman–Crippen MR) is 66.0 cm³/mol. The van der Waals surface area contributed by atoms with Gasteiger partial charge in [0.05, 0.1) is 5.56 Å². The van der Waals surface area contributed by atoms with Gasteiger partial charge in [0.2, 0.25) is 0 Å². The van der Waals surface area contributed by atoms with Gasteiger partial charge in [0.1, 0.15) is 0 Å². The summed E-state index contributed by atoms with van der Waals surface area (Å²) in [6.45, 7) is 1.74. The second-order valence-electron chi connectivity index (χ2n) is 3.89. The zero-order chi connectivity index (χ0) is 13.3. The van der Waals surface area contributed by atoms with Crippen molar-refractivity contribution in [2.24, 2.45) is 0 Å². The average Bonchev–Trinajstić information content (AvgIpc) is 2.35. The van der Waals surface area contributed by atoms with Crippen LogP contribution in [0, 0.1) is 18.6 Å². The molecule has 0 heterocycles. The maximum absolute atomic E-state index is 13.5. The van der Waals surface area contributed by atoms with Gasteiger partial charge in [-0.3, -0.25) is 4.79 Å². The van der Waals surface area contributed by atoms with Crippen LogP contribution in [0.4, 0.5) is 8.78 Å². The summed E-state index contributed by atoms with van der Waals surface area (Å²) in [5.41, 5.74) is 0.706. The van der Waals surface area contributed by atoms with Crippen LogP contribution in [0.2, 0.25) is 5.02 Å². The van der Waals surface area contributed by atoms with Crippen molar-refractivity contribution in [2.75, 3.05) is 0 Å². The molecule has 0 aliphatic heterocycles. The Balaban J connectivity index is 2.48. The molecular formula is C14H9ClF2O. The monoisotopic (exact) mass is 266 g/mol. The third kappa shape index (κ3) is 2.27. The van der Waals surface area contributed by atoms with Crippen LogP contribution < -0.4 is 0 Å². The number of benzene rings is 2. The largest absolute Gasteiger partial charge is 0.288 e. The first-order valence-corrected chi connectivity index (χ1v) is 5.63. The summed E-state index contributed by atoms with van der Waals surface area (Å²) < 4.78 is 26.5. The van der Waals surface area contributed by atoms with Crippen LogP contribution in [0.3, 0.4) is 0 Å². The molecule has 0 spiro atoms. The summed E-state index contributed by atoms with van der Waals surface area (Å²) in [4.78, 5) is 12.0. The third-order valence-electron chi connectivity index (χ3n) is 2.62. The van der Waals surface area contributed by atoms with Crippen molar-refractivity contribution < 1.29 is 13.6 Å². The highest BCUT2D eigenvalue weighted by atomic mass is 35.5. The molecule has 0 N–H and O–H groups in total. The van der Waals surface area contributed by atoms with Gasteiger partial charge in [-0.15, -0.1) is 0 Å². The highest BCUT2D eigenvalue weighted by Crippen LogP contribution is 2.20. The van der Waals surface area contributed by atoms with Crippen molar-refractivity contribution in [3.8, 4) is 0 Å². The Morgan fingerprint density at radius 3 is 2.56 bits per heavy atom. The van der Waals surface area contributed by atoms with E-state index in [0.717, 1.165) is 6.07 Å². The number of carbonyl (C=O) groups is 1. The zero-order valence-corrected chi connectivity index (χ0v) is 10.3. The summed E-state index contributed by atoms with van der Waals surface area (Å²) in [5.74, 6) is -2.73. The molecule has 0 aromatic heterocycles. The molecule has 0 bridgehead atoms. The number of aryl methyl sites for hydroxylation is 1. The van der Waals surface area contributed by atoms with Gasteiger partial charge in [0.25, 0.3) is 0 Å². The molecule has 18 heavy (non-hydrogen) atoms. The fourth-order valence-corrected chi connectivity index (χ4v) is 1.74. The number of hydrogen-bond acceptors (Lipinski definition) is 1. The summed E-state index contributed by atoms with van der Waals surface area (Å²) in [5, 5.41) is 0.520. The fourth-order valence-electron chi connectivity index (χ4n) is 1.62. The Labute approximate surface area is 108 Å². The van der Waals surface area contributed by atoms with Gasteiger partial charge in [0.15, 0.2) is 17.4 Å². The van der Waals surface area contributed by atoms with E-state index in [4.69, 9.17) is 11.6 Å². The van der Waals surface area contributed by atoms with Crippen LogP contribution >= 0.6 is 11.6 Å². The highest BCUT2D eigenvalue weighted by Gasteiger charge is 2.17. The van der Waals surface area contributed by atoms with E-state index in [-0.39, 0.29) is 11.1 Å². The molecule has 4 heteroatoms. The van der Waals surface area contributed by atoms with E-state index in [9.17, 15) is 13.6 Å². The first kappa shape index (κ1) is 12.7. The molecule has 0 saturated carbocycles. The second-order valence-corrected chi connectivity index (χ2v) is 4.30. The van der Waals surface area contributed by atoms with Gasteiger partial charge in [-0.1, -0.05) is 17.7 Å². The standard InChI is InChI=1S/C14H9ClF2O/c1-8-7-9(5-6-11(8)15)14(18)10-3-2-4-12(16)13(10)17/h2-7H,1H3. The van der Waals surface area contributed by atoms with Gasteiger partial charge >= 0.3 is 0 Å². The number of rotatable bonds is 2. The minimum atomic E-state index is -1.13. The lowest BCUT2D eigenvalue weighted by Gasteiger charge is -2.05. The lowest BCUT2D eigenvalue weighted by Crippen LogP contribution is -2.06. The fraction of sp³-hybridized carbons (Fsp3) is 0.0714. The van der Waals surface area contributed by atoms with Gasteiger partial charge in [-0.25, -0.2) is 8.78 Å². The molecule has 0 aliphatic carbocycles. The van der Waals surface area contributed by atoms with Crippen molar-refractivity contribution in [2.45, 2.75) is 6.92 Å². The minimum Gasteiger partial charge on any atom is -0.288 e. The van der Waals surface area contributed by atoms with Gasteiger partial charge in [-0.05, 0) is 42.8 Å². The Morgan fingerprint density at radius 1 is 1.17 bits per heavy atom. The van der Waals surface area contributed by atoms with Gasteiger partial charge < -0.3 is 0 Å². The summed E-state index contributed by atoms with van der Waals surface area (Å²) in [7, 11) is 0. The molecule has 92 valence electrons. The molecular weight excluding hydrogens is 258 g/mol. The van der Waals surface area contributed by atoms with Crippen LogP contribution in [-0.4, -0.2) is 5.78 Å². The van der Waals surface area contributed by atoms with Gasteiger partial charge in [-0.2, -0.15) is 0 Å². The molecule has 0 unspecified atom stereocenters. The topological polar surface area (TPSA) is 17.1 Å². The van der Waals surface area contributed by atoms with E-state index in [2.05, 4.69) is 0 Å². The van der Waals surface area contributed by atoms with Crippen molar-refractivity contribution in [1.29, 1.82) is 0 Å².